The molecule has 2 aromatic carbocycles. The first kappa shape index (κ1) is 20.7. The molecule has 0 atom stereocenters. The van der Waals surface area contributed by atoms with Crippen LogP contribution in [0.15, 0.2) is 73.2 Å². The van der Waals surface area contributed by atoms with Gasteiger partial charge in [0.2, 0.25) is 0 Å². The summed E-state index contributed by atoms with van der Waals surface area (Å²) in [5, 5.41) is 6.11. The Balaban J connectivity index is 0.00000225. The van der Waals surface area contributed by atoms with Crippen molar-refractivity contribution in [1.29, 1.82) is 0 Å². The van der Waals surface area contributed by atoms with E-state index in [1.807, 2.05) is 24.4 Å². The van der Waals surface area contributed by atoms with Gasteiger partial charge in [0, 0.05) is 59.2 Å². The third-order valence-electron chi connectivity index (χ3n) is 4.59. The molecular weight excluding hydrogens is 413 g/mol. The molecule has 4 aromatic rings. The maximum Gasteiger partial charge on any atom is 0.0491 e. The van der Waals surface area contributed by atoms with Crippen LogP contribution in [0.1, 0.15) is 16.7 Å². The zero-order valence-corrected chi connectivity index (χ0v) is 17.4. The molecule has 0 aliphatic rings. The summed E-state index contributed by atoms with van der Waals surface area (Å²) in [5.41, 5.74) is 4.69. The second-order valence-corrected chi connectivity index (χ2v) is 7.34. The Morgan fingerprint density at radius 2 is 1.79 bits per heavy atom. The first-order valence-electron chi connectivity index (χ1n) is 8.81. The number of rotatable bonds is 6. The van der Waals surface area contributed by atoms with Crippen molar-refractivity contribution in [3.8, 4) is 0 Å². The largest absolute Gasteiger partial charge is 0.343 e. The molecule has 0 saturated carbocycles. The summed E-state index contributed by atoms with van der Waals surface area (Å²) in [6, 6.07) is 18.1. The van der Waals surface area contributed by atoms with Crippen molar-refractivity contribution in [1.82, 2.24) is 14.9 Å². The van der Waals surface area contributed by atoms with Gasteiger partial charge in [-0.15, -0.1) is 12.4 Å². The minimum Gasteiger partial charge on any atom is -0.343 e. The van der Waals surface area contributed by atoms with Crippen molar-refractivity contribution >= 4 is 46.5 Å². The van der Waals surface area contributed by atoms with Crippen LogP contribution in [-0.4, -0.2) is 9.55 Å². The average molecular weight is 433 g/mol. The first-order chi connectivity index (χ1) is 13.2. The lowest BCUT2D eigenvalue weighted by molar-refractivity contribution is 0.690. The lowest BCUT2D eigenvalue weighted by Gasteiger charge is -2.08. The van der Waals surface area contributed by atoms with E-state index in [1.165, 1.54) is 22.0 Å². The number of halogens is 3. The molecule has 0 saturated heterocycles. The molecule has 0 aliphatic heterocycles. The highest BCUT2D eigenvalue weighted by molar-refractivity contribution is 6.35. The number of para-hydroxylation sites is 1. The molecule has 0 unspecified atom stereocenters. The van der Waals surface area contributed by atoms with E-state index in [2.05, 4.69) is 51.4 Å². The van der Waals surface area contributed by atoms with Crippen molar-refractivity contribution in [3.63, 3.8) is 0 Å². The van der Waals surface area contributed by atoms with Crippen molar-refractivity contribution in [3.05, 3.63) is 99.9 Å². The molecule has 0 amide bonds. The third kappa shape index (κ3) is 4.68. The fourth-order valence-corrected chi connectivity index (χ4v) is 3.74. The summed E-state index contributed by atoms with van der Waals surface area (Å²) in [6.45, 7) is 2.28. The Kier molecular flexibility index (Phi) is 6.97. The lowest BCUT2D eigenvalue weighted by Crippen LogP contribution is -2.12. The third-order valence-corrected chi connectivity index (χ3v) is 5.18. The fraction of sp³-hybridized carbons (Fsp3) is 0.136. The van der Waals surface area contributed by atoms with Crippen LogP contribution >= 0.6 is 35.6 Å². The van der Waals surface area contributed by atoms with Crippen LogP contribution in [0, 0.1) is 0 Å². The predicted molar refractivity (Wildman–Crippen MR) is 120 cm³/mol. The molecule has 2 heterocycles. The second kappa shape index (κ2) is 9.44. The van der Waals surface area contributed by atoms with Gasteiger partial charge in [-0.3, -0.25) is 4.98 Å². The SMILES string of the molecule is Cl.Clc1ccc(Cn2cc(CNCc3cccnc3)c3ccccc32)c(Cl)c1. The van der Waals surface area contributed by atoms with E-state index in [1.54, 1.807) is 12.3 Å². The number of benzene rings is 2. The fourth-order valence-electron chi connectivity index (χ4n) is 3.27. The highest BCUT2D eigenvalue weighted by atomic mass is 35.5. The van der Waals surface area contributed by atoms with Gasteiger partial charge < -0.3 is 9.88 Å². The van der Waals surface area contributed by atoms with Crippen molar-refractivity contribution < 1.29 is 0 Å². The Bertz CT molecular complexity index is 1060. The van der Waals surface area contributed by atoms with E-state index < -0.39 is 0 Å². The minimum atomic E-state index is 0. The maximum atomic E-state index is 6.37. The van der Waals surface area contributed by atoms with Crippen molar-refractivity contribution in [2.75, 3.05) is 0 Å². The van der Waals surface area contributed by atoms with Gasteiger partial charge in [0.25, 0.3) is 0 Å². The summed E-state index contributed by atoms with van der Waals surface area (Å²) in [6.07, 6.45) is 5.88. The van der Waals surface area contributed by atoms with Crippen LogP contribution in [0.2, 0.25) is 10.0 Å². The molecule has 0 bridgehead atoms. The number of fused-ring (bicyclic) bond motifs is 1. The number of hydrogen-bond acceptors (Lipinski definition) is 2. The summed E-state index contributed by atoms with van der Waals surface area (Å²) in [5.74, 6) is 0. The van der Waals surface area contributed by atoms with Crippen molar-refractivity contribution in [2.24, 2.45) is 0 Å². The van der Waals surface area contributed by atoms with Crippen LogP contribution in [-0.2, 0) is 19.6 Å². The van der Waals surface area contributed by atoms with Gasteiger partial charge in [-0.2, -0.15) is 0 Å². The number of aromatic nitrogens is 2. The van der Waals surface area contributed by atoms with E-state index >= 15 is 0 Å². The van der Waals surface area contributed by atoms with Crippen LogP contribution in [0.5, 0.6) is 0 Å². The summed E-state index contributed by atoms with van der Waals surface area (Å²) in [4.78, 5) is 4.16. The van der Waals surface area contributed by atoms with E-state index in [-0.39, 0.29) is 12.4 Å². The van der Waals surface area contributed by atoms with Gasteiger partial charge >= 0.3 is 0 Å². The molecule has 144 valence electrons. The Labute approximate surface area is 180 Å². The Morgan fingerprint density at radius 1 is 0.929 bits per heavy atom. The van der Waals surface area contributed by atoms with E-state index in [0.717, 1.165) is 18.7 Å². The van der Waals surface area contributed by atoms with Gasteiger partial charge in [-0.25, -0.2) is 0 Å². The molecule has 4 rings (SSSR count). The standard InChI is InChI=1S/C22H19Cl2N3.ClH/c23-19-8-7-17(21(24)10-19)14-27-15-18(20-5-1-2-6-22(20)27)13-26-12-16-4-3-9-25-11-16;/h1-11,15,26H,12-14H2;1H. The molecule has 3 nitrogen and oxygen atoms in total. The number of hydrogen-bond donors (Lipinski definition) is 1. The molecule has 28 heavy (non-hydrogen) atoms. The second-order valence-electron chi connectivity index (χ2n) is 6.50. The molecule has 6 heteroatoms. The van der Waals surface area contributed by atoms with E-state index in [0.29, 0.717) is 16.6 Å². The molecule has 1 N–H and O–H groups in total. The highest BCUT2D eigenvalue weighted by Crippen LogP contribution is 2.26. The van der Waals surface area contributed by atoms with E-state index in [4.69, 9.17) is 23.2 Å². The molecule has 0 radical (unpaired) electrons. The van der Waals surface area contributed by atoms with Gasteiger partial charge in [0.05, 0.1) is 0 Å². The van der Waals surface area contributed by atoms with Crippen LogP contribution < -0.4 is 5.32 Å². The quantitative estimate of drug-likeness (QED) is 0.399. The number of nitrogens with zero attached hydrogens (tertiary/aromatic N) is 2. The molecule has 0 fully saturated rings. The molecular formula is C22H20Cl3N3. The summed E-state index contributed by atoms with van der Waals surface area (Å²) >= 11 is 12.4. The lowest BCUT2D eigenvalue weighted by atomic mass is 10.1. The Morgan fingerprint density at radius 3 is 2.57 bits per heavy atom. The zero-order chi connectivity index (χ0) is 18.6. The summed E-state index contributed by atoms with van der Waals surface area (Å²) in [7, 11) is 0. The molecule has 0 aliphatic carbocycles. The van der Waals surface area contributed by atoms with Crippen LogP contribution in [0.4, 0.5) is 0 Å². The Hall–Kier alpha value is -2.04. The van der Waals surface area contributed by atoms with E-state index in [9.17, 15) is 0 Å². The topological polar surface area (TPSA) is 29.9 Å². The highest BCUT2D eigenvalue weighted by Gasteiger charge is 2.10. The smallest absolute Gasteiger partial charge is 0.0491 e. The van der Waals surface area contributed by atoms with Gasteiger partial charge in [-0.1, -0.05) is 53.5 Å². The van der Waals surface area contributed by atoms with Crippen LogP contribution in [0.25, 0.3) is 10.9 Å². The normalized spacial score (nSPS) is 10.8. The monoisotopic (exact) mass is 431 g/mol. The van der Waals surface area contributed by atoms with Crippen molar-refractivity contribution in [2.45, 2.75) is 19.6 Å². The predicted octanol–water partition coefficient (Wildman–Crippen LogP) is 6.10. The first-order valence-corrected chi connectivity index (χ1v) is 9.56. The minimum absolute atomic E-state index is 0. The van der Waals surface area contributed by atoms with Gasteiger partial charge in [-0.05, 0) is 41.0 Å². The molecule has 0 spiro atoms. The molecule has 2 aromatic heterocycles. The summed E-state index contributed by atoms with van der Waals surface area (Å²) < 4.78 is 2.24. The maximum absolute atomic E-state index is 6.37. The van der Waals surface area contributed by atoms with Crippen LogP contribution in [0.3, 0.4) is 0 Å². The number of pyridine rings is 1. The van der Waals surface area contributed by atoms with Gasteiger partial charge in [0.1, 0.15) is 0 Å². The average Bonchev–Trinajstić information content (AvgIpc) is 3.03. The zero-order valence-electron chi connectivity index (χ0n) is 15.1. The van der Waals surface area contributed by atoms with Gasteiger partial charge in [0.15, 0.2) is 0 Å². The number of nitrogens with one attached hydrogen (secondary N) is 1.